The summed E-state index contributed by atoms with van der Waals surface area (Å²) in [7, 11) is 4.30. The van der Waals surface area contributed by atoms with E-state index < -0.39 is 0 Å². The van der Waals surface area contributed by atoms with Gasteiger partial charge in [0.25, 0.3) is 0 Å². The largest absolute Gasteiger partial charge is 0.383 e. The van der Waals surface area contributed by atoms with Gasteiger partial charge in [0.2, 0.25) is 0 Å². The standard InChI is InChI=1S/C14H23N5/c1-18-7-8-19(2)12(9-18)14-16-11-6-4-3-5-10(11)13(15)17-14/h12H,3-9H2,1-2H3,(H2,15,16,17). The molecule has 0 bridgehead atoms. The van der Waals surface area contributed by atoms with Crippen molar-refractivity contribution in [1.29, 1.82) is 0 Å². The van der Waals surface area contributed by atoms with E-state index in [1.54, 1.807) is 0 Å². The lowest BCUT2D eigenvalue weighted by molar-refractivity contribution is 0.109. The van der Waals surface area contributed by atoms with E-state index in [-0.39, 0.29) is 6.04 Å². The Hall–Kier alpha value is -1.20. The van der Waals surface area contributed by atoms with Gasteiger partial charge in [-0.1, -0.05) is 0 Å². The number of anilines is 1. The maximum atomic E-state index is 6.15. The number of hydrogen-bond acceptors (Lipinski definition) is 5. The Balaban J connectivity index is 1.94. The second kappa shape index (κ2) is 5.06. The smallest absolute Gasteiger partial charge is 0.149 e. The molecule has 2 aliphatic rings. The van der Waals surface area contributed by atoms with Crippen molar-refractivity contribution in [3.63, 3.8) is 0 Å². The molecule has 104 valence electrons. The highest BCUT2D eigenvalue weighted by Crippen LogP contribution is 2.27. The summed E-state index contributed by atoms with van der Waals surface area (Å²) in [6.45, 7) is 3.14. The number of aromatic nitrogens is 2. The van der Waals surface area contributed by atoms with E-state index in [4.69, 9.17) is 10.7 Å². The van der Waals surface area contributed by atoms with Gasteiger partial charge in [-0.25, -0.2) is 9.97 Å². The van der Waals surface area contributed by atoms with Crippen molar-refractivity contribution in [2.45, 2.75) is 31.7 Å². The molecule has 1 saturated heterocycles. The Labute approximate surface area is 114 Å². The molecule has 2 N–H and O–H groups in total. The van der Waals surface area contributed by atoms with Crippen molar-refractivity contribution < 1.29 is 0 Å². The van der Waals surface area contributed by atoms with E-state index in [2.05, 4.69) is 28.9 Å². The van der Waals surface area contributed by atoms with Crippen molar-refractivity contribution in [3.05, 3.63) is 17.1 Å². The van der Waals surface area contributed by atoms with Crippen molar-refractivity contribution >= 4 is 5.82 Å². The topological polar surface area (TPSA) is 58.3 Å². The maximum absolute atomic E-state index is 6.15. The molecule has 1 aromatic rings. The van der Waals surface area contributed by atoms with Gasteiger partial charge < -0.3 is 10.6 Å². The number of nitrogens with two attached hydrogens (primary N) is 1. The fourth-order valence-electron chi connectivity index (χ4n) is 3.08. The van der Waals surface area contributed by atoms with Crippen LogP contribution in [0.3, 0.4) is 0 Å². The van der Waals surface area contributed by atoms with Gasteiger partial charge >= 0.3 is 0 Å². The van der Waals surface area contributed by atoms with Crippen molar-refractivity contribution in [3.8, 4) is 0 Å². The summed E-state index contributed by atoms with van der Waals surface area (Å²) >= 11 is 0. The quantitative estimate of drug-likeness (QED) is 0.812. The number of fused-ring (bicyclic) bond motifs is 1. The maximum Gasteiger partial charge on any atom is 0.149 e. The average molecular weight is 261 g/mol. The van der Waals surface area contributed by atoms with Crippen LogP contribution in [-0.2, 0) is 12.8 Å². The monoisotopic (exact) mass is 261 g/mol. The van der Waals surface area contributed by atoms with Crippen molar-refractivity contribution in [2.75, 3.05) is 39.5 Å². The lowest BCUT2D eigenvalue weighted by Crippen LogP contribution is -2.45. The fraction of sp³-hybridized carbons (Fsp3) is 0.714. The number of likely N-dealkylation sites (N-methyl/N-ethyl adjacent to an activating group) is 2. The van der Waals surface area contributed by atoms with Crippen LogP contribution >= 0.6 is 0 Å². The lowest BCUT2D eigenvalue weighted by atomic mass is 9.96. The summed E-state index contributed by atoms with van der Waals surface area (Å²) in [5, 5.41) is 0. The van der Waals surface area contributed by atoms with Crippen LogP contribution < -0.4 is 5.73 Å². The first-order chi connectivity index (χ1) is 9.15. The first-order valence-electron chi connectivity index (χ1n) is 7.19. The van der Waals surface area contributed by atoms with E-state index in [0.717, 1.165) is 38.3 Å². The molecule has 2 heterocycles. The SMILES string of the molecule is CN1CCN(C)C(c2nc(N)c3c(n2)CCCC3)C1. The molecule has 0 radical (unpaired) electrons. The highest BCUT2D eigenvalue weighted by molar-refractivity contribution is 5.43. The normalized spacial score (nSPS) is 25.3. The summed E-state index contributed by atoms with van der Waals surface area (Å²) in [4.78, 5) is 14.1. The Kier molecular flexibility index (Phi) is 3.41. The highest BCUT2D eigenvalue weighted by Gasteiger charge is 2.28. The van der Waals surface area contributed by atoms with E-state index in [9.17, 15) is 0 Å². The Morgan fingerprint density at radius 1 is 1.11 bits per heavy atom. The molecule has 5 nitrogen and oxygen atoms in total. The zero-order valence-corrected chi connectivity index (χ0v) is 11.9. The third-order valence-corrected chi connectivity index (χ3v) is 4.38. The Morgan fingerprint density at radius 2 is 1.89 bits per heavy atom. The van der Waals surface area contributed by atoms with Gasteiger partial charge in [-0.15, -0.1) is 0 Å². The minimum atomic E-state index is 0.272. The molecular formula is C14H23N5. The molecule has 1 aliphatic carbocycles. The Morgan fingerprint density at radius 3 is 2.74 bits per heavy atom. The number of hydrogen-bond donors (Lipinski definition) is 1. The molecule has 19 heavy (non-hydrogen) atoms. The number of rotatable bonds is 1. The number of piperazine rings is 1. The first kappa shape index (κ1) is 12.8. The Bertz CT molecular complexity index is 473. The van der Waals surface area contributed by atoms with Crippen LogP contribution in [-0.4, -0.2) is 53.5 Å². The van der Waals surface area contributed by atoms with Crippen molar-refractivity contribution in [2.24, 2.45) is 0 Å². The minimum absolute atomic E-state index is 0.272. The molecule has 1 atom stereocenters. The molecule has 0 saturated carbocycles. The molecule has 0 spiro atoms. The van der Waals surface area contributed by atoms with Gasteiger partial charge in [-0.05, 0) is 39.8 Å². The second-order valence-corrected chi connectivity index (χ2v) is 5.86. The molecule has 1 fully saturated rings. The van der Waals surface area contributed by atoms with Crippen LogP contribution in [0.25, 0.3) is 0 Å². The predicted octanol–water partition coefficient (Wildman–Crippen LogP) is 0.856. The lowest BCUT2D eigenvalue weighted by Gasteiger charge is -2.37. The third-order valence-electron chi connectivity index (χ3n) is 4.38. The summed E-state index contributed by atoms with van der Waals surface area (Å²) in [6.07, 6.45) is 4.54. The van der Waals surface area contributed by atoms with Crippen LogP contribution in [0.2, 0.25) is 0 Å². The molecule has 3 rings (SSSR count). The van der Waals surface area contributed by atoms with Gasteiger partial charge in [0.15, 0.2) is 0 Å². The number of aryl methyl sites for hydroxylation is 1. The van der Waals surface area contributed by atoms with Crippen LogP contribution in [0.1, 0.15) is 36.0 Å². The fourth-order valence-corrected chi connectivity index (χ4v) is 3.08. The summed E-state index contributed by atoms with van der Waals surface area (Å²) < 4.78 is 0. The average Bonchev–Trinajstić information content (AvgIpc) is 2.41. The van der Waals surface area contributed by atoms with Gasteiger partial charge in [-0.2, -0.15) is 0 Å². The highest BCUT2D eigenvalue weighted by atomic mass is 15.3. The minimum Gasteiger partial charge on any atom is -0.383 e. The molecule has 5 heteroatoms. The van der Waals surface area contributed by atoms with Crippen LogP contribution in [0.4, 0.5) is 5.82 Å². The van der Waals surface area contributed by atoms with Crippen LogP contribution in [0.5, 0.6) is 0 Å². The number of nitrogen functional groups attached to an aromatic ring is 1. The van der Waals surface area contributed by atoms with Crippen LogP contribution in [0, 0.1) is 0 Å². The summed E-state index contributed by atoms with van der Waals surface area (Å²) in [5.41, 5.74) is 8.53. The van der Waals surface area contributed by atoms with Gasteiger partial charge in [0.1, 0.15) is 11.6 Å². The zero-order chi connectivity index (χ0) is 13.4. The van der Waals surface area contributed by atoms with Gasteiger partial charge in [0, 0.05) is 30.9 Å². The second-order valence-electron chi connectivity index (χ2n) is 5.86. The molecule has 1 unspecified atom stereocenters. The molecule has 0 amide bonds. The summed E-state index contributed by atoms with van der Waals surface area (Å²) in [6, 6.07) is 0.272. The first-order valence-corrected chi connectivity index (χ1v) is 7.19. The molecule has 1 aliphatic heterocycles. The third kappa shape index (κ3) is 2.44. The van der Waals surface area contributed by atoms with E-state index in [1.807, 2.05) is 0 Å². The predicted molar refractivity (Wildman–Crippen MR) is 76.0 cm³/mol. The molecule has 0 aromatic carbocycles. The molecule has 1 aromatic heterocycles. The number of nitrogens with zero attached hydrogens (tertiary/aromatic N) is 4. The van der Waals surface area contributed by atoms with E-state index in [0.29, 0.717) is 5.82 Å². The van der Waals surface area contributed by atoms with Gasteiger partial charge in [0.05, 0.1) is 6.04 Å². The van der Waals surface area contributed by atoms with E-state index >= 15 is 0 Å². The van der Waals surface area contributed by atoms with Gasteiger partial charge in [-0.3, -0.25) is 4.90 Å². The molecular weight excluding hydrogens is 238 g/mol. The zero-order valence-electron chi connectivity index (χ0n) is 11.9. The van der Waals surface area contributed by atoms with Crippen LogP contribution in [0.15, 0.2) is 0 Å². The van der Waals surface area contributed by atoms with Crippen molar-refractivity contribution in [1.82, 2.24) is 19.8 Å². The van der Waals surface area contributed by atoms with E-state index in [1.165, 1.54) is 24.1 Å². The summed E-state index contributed by atoms with van der Waals surface area (Å²) in [5.74, 6) is 1.62.